The summed E-state index contributed by atoms with van der Waals surface area (Å²) in [5.41, 5.74) is 3.52. The van der Waals surface area contributed by atoms with Crippen LogP contribution in [-0.2, 0) is 11.3 Å². The molecule has 0 aliphatic carbocycles. The molecule has 0 bridgehead atoms. The van der Waals surface area contributed by atoms with Gasteiger partial charge in [-0.05, 0) is 51.5 Å². The minimum Gasteiger partial charge on any atom is -0.508 e. The fraction of sp³-hybridized carbons (Fsp3) is 0.375. The van der Waals surface area contributed by atoms with Gasteiger partial charge in [-0.3, -0.25) is 9.69 Å². The smallest absolute Gasteiger partial charge is 0.259 e. The van der Waals surface area contributed by atoms with Gasteiger partial charge in [0.05, 0.1) is 17.8 Å². The van der Waals surface area contributed by atoms with E-state index in [1.165, 1.54) is 0 Å². The molecule has 2 atom stereocenters. The van der Waals surface area contributed by atoms with Gasteiger partial charge in [-0.1, -0.05) is 18.2 Å². The van der Waals surface area contributed by atoms with E-state index in [1.54, 1.807) is 19.1 Å². The summed E-state index contributed by atoms with van der Waals surface area (Å²) in [5, 5.41) is 14.4. The summed E-state index contributed by atoms with van der Waals surface area (Å²) in [7, 11) is 0. The Morgan fingerprint density at radius 3 is 2.53 bits per heavy atom. The largest absolute Gasteiger partial charge is 0.508 e. The van der Waals surface area contributed by atoms with Gasteiger partial charge in [0.15, 0.2) is 0 Å². The molecule has 4 rings (SSSR count). The number of carbonyl (C=O) groups is 1. The van der Waals surface area contributed by atoms with E-state index in [-0.39, 0.29) is 23.9 Å². The number of phenols is 1. The summed E-state index contributed by atoms with van der Waals surface area (Å²) in [6.45, 7) is 9.88. The summed E-state index contributed by atoms with van der Waals surface area (Å²) in [6, 6.07) is 11.0. The van der Waals surface area contributed by atoms with Gasteiger partial charge < -0.3 is 19.6 Å². The fourth-order valence-electron chi connectivity index (χ4n) is 4.33. The third-order valence-electron chi connectivity index (χ3n) is 5.61. The molecule has 1 aliphatic heterocycles. The van der Waals surface area contributed by atoms with Crippen molar-refractivity contribution in [3.05, 3.63) is 58.8 Å². The second-order valence-corrected chi connectivity index (χ2v) is 8.19. The van der Waals surface area contributed by atoms with Gasteiger partial charge in [0.1, 0.15) is 17.1 Å². The number of rotatable bonds is 4. The fourth-order valence-corrected chi connectivity index (χ4v) is 4.33. The molecule has 1 aliphatic rings. The van der Waals surface area contributed by atoms with Crippen molar-refractivity contribution in [2.45, 2.75) is 46.4 Å². The summed E-state index contributed by atoms with van der Waals surface area (Å²) in [6.07, 6.45) is 0.231. The molecule has 2 N–H and O–H groups in total. The maximum Gasteiger partial charge on any atom is 0.259 e. The Morgan fingerprint density at radius 2 is 1.83 bits per heavy atom. The lowest BCUT2D eigenvalue weighted by molar-refractivity contribution is -0.0705. The van der Waals surface area contributed by atoms with Gasteiger partial charge in [-0.25, -0.2) is 0 Å². The average Bonchev–Trinajstić information content (AvgIpc) is 3.01. The van der Waals surface area contributed by atoms with Crippen LogP contribution in [0.4, 0.5) is 5.69 Å². The summed E-state index contributed by atoms with van der Waals surface area (Å²) < 4.78 is 11.7. The van der Waals surface area contributed by atoms with E-state index in [0.29, 0.717) is 34.4 Å². The summed E-state index contributed by atoms with van der Waals surface area (Å²) in [5.74, 6) is 0.461. The lowest BCUT2D eigenvalue weighted by Gasteiger charge is -2.35. The van der Waals surface area contributed by atoms with Crippen molar-refractivity contribution in [1.29, 1.82) is 0 Å². The van der Waals surface area contributed by atoms with Crippen molar-refractivity contribution >= 4 is 22.6 Å². The number of nitrogens with zero attached hydrogens (tertiary/aromatic N) is 1. The van der Waals surface area contributed by atoms with E-state index in [1.807, 2.05) is 45.0 Å². The first-order valence-corrected chi connectivity index (χ1v) is 10.3. The minimum absolute atomic E-state index is 0.116. The number of furan rings is 1. The van der Waals surface area contributed by atoms with Crippen LogP contribution in [0.2, 0.25) is 0 Å². The van der Waals surface area contributed by atoms with Crippen LogP contribution in [0.3, 0.4) is 0 Å². The lowest BCUT2D eigenvalue weighted by Crippen LogP contribution is -2.44. The molecule has 3 aromatic rings. The maximum absolute atomic E-state index is 13.2. The van der Waals surface area contributed by atoms with Crippen LogP contribution in [0.25, 0.3) is 11.0 Å². The highest BCUT2D eigenvalue weighted by Gasteiger charge is 2.27. The molecule has 1 saturated heterocycles. The van der Waals surface area contributed by atoms with E-state index in [4.69, 9.17) is 9.15 Å². The standard InChI is InChI=1S/C24H28N2O4/c1-14-7-5-6-8-19(14)25-24(28)22-17(4)30-21-10-9-20(27)18(23(21)22)13-26-11-15(2)29-16(3)12-26/h5-10,15-16,27H,11-13H2,1-4H3,(H,25,28)/t15-,16-/m1/s1. The van der Waals surface area contributed by atoms with Crippen molar-refractivity contribution < 1.29 is 19.1 Å². The number of para-hydroxylation sites is 1. The van der Waals surface area contributed by atoms with Gasteiger partial charge in [0.25, 0.3) is 5.91 Å². The molecule has 0 radical (unpaired) electrons. The number of ether oxygens (including phenoxy) is 1. The first-order chi connectivity index (χ1) is 14.3. The Kier molecular flexibility index (Phi) is 5.54. The molecule has 0 saturated carbocycles. The van der Waals surface area contributed by atoms with Crippen molar-refractivity contribution in [3.8, 4) is 5.75 Å². The number of anilines is 1. The molecule has 0 spiro atoms. The predicted octanol–water partition coefficient (Wildman–Crippen LogP) is 4.62. The predicted molar refractivity (Wildman–Crippen MR) is 117 cm³/mol. The number of nitrogens with one attached hydrogen (secondary N) is 1. The Labute approximate surface area is 176 Å². The second-order valence-electron chi connectivity index (χ2n) is 8.19. The number of carbonyl (C=O) groups excluding carboxylic acids is 1. The first kappa shape index (κ1) is 20.4. The maximum atomic E-state index is 13.2. The zero-order chi connectivity index (χ0) is 21.4. The van der Waals surface area contributed by atoms with Gasteiger partial charge in [0.2, 0.25) is 0 Å². The van der Waals surface area contributed by atoms with Crippen LogP contribution >= 0.6 is 0 Å². The highest BCUT2D eigenvalue weighted by atomic mass is 16.5. The molecule has 6 nitrogen and oxygen atoms in total. The molecule has 1 aromatic heterocycles. The third kappa shape index (κ3) is 3.93. The highest BCUT2D eigenvalue weighted by Crippen LogP contribution is 2.35. The molecule has 0 unspecified atom stereocenters. The quantitative estimate of drug-likeness (QED) is 0.659. The SMILES string of the molecule is Cc1ccccc1NC(=O)c1c(C)oc2ccc(O)c(CN3C[C@@H](C)O[C@H](C)C3)c12. The number of phenolic OH excluding ortho intramolecular Hbond substituents is 1. The van der Waals surface area contributed by atoms with Crippen LogP contribution in [0, 0.1) is 13.8 Å². The summed E-state index contributed by atoms with van der Waals surface area (Å²) >= 11 is 0. The Balaban J connectivity index is 1.73. The lowest BCUT2D eigenvalue weighted by atomic mass is 10.0. The highest BCUT2D eigenvalue weighted by molar-refractivity contribution is 6.14. The van der Waals surface area contributed by atoms with E-state index < -0.39 is 0 Å². The van der Waals surface area contributed by atoms with Crippen LogP contribution in [-0.4, -0.2) is 41.2 Å². The van der Waals surface area contributed by atoms with Crippen LogP contribution in [0.5, 0.6) is 5.75 Å². The Bertz CT molecular complexity index is 1080. The van der Waals surface area contributed by atoms with Crippen molar-refractivity contribution in [1.82, 2.24) is 4.90 Å². The normalized spacial score (nSPS) is 19.9. The molecule has 30 heavy (non-hydrogen) atoms. The van der Waals surface area contributed by atoms with Crippen LogP contribution in [0.1, 0.15) is 41.1 Å². The number of fused-ring (bicyclic) bond motifs is 1. The average molecular weight is 408 g/mol. The number of hydrogen-bond acceptors (Lipinski definition) is 5. The number of hydrogen-bond donors (Lipinski definition) is 2. The molecular weight excluding hydrogens is 380 g/mol. The van der Waals surface area contributed by atoms with Crippen molar-refractivity contribution in [2.24, 2.45) is 0 Å². The zero-order valence-corrected chi connectivity index (χ0v) is 17.9. The Morgan fingerprint density at radius 1 is 1.13 bits per heavy atom. The number of aryl methyl sites for hydroxylation is 2. The van der Waals surface area contributed by atoms with Gasteiger partial charge in [0, 0.05) is 36.3 Å². The summed E-state index contributed by atoms with van der Waals surface area (Å²) in [4.78, 5) is 15.5. The Hall–Kier alpha value is -2.83. The molecule has 6 heteroatoms. The van der Waals surface area contributed by atoms with Crippen LogP contribution < -0.4 is 5.32 Å². The second kappa shape index (κ2) is 8.13. The molecule has 1 fully saturated rings. The van der Waals surface area contributed by atoms with Crippen molar-refractivity contribution in [2.75, 3.05) is 18.4 Å². The monoisotopic (exact) mass is 408 g/mol. The minimum atomic E-state index is -0.240. The first-order valence-electron chi connectivity index (χ1n) is 10.3. The molecule has 2 heterocycles. The molecule has 2 aromatic carbocycles. The van der Waals surface area contributed by atoms with E-state index in [9.17, 15) is 9.90 Å². The van der Waals surface area contributed by atoms with Gasteiger partial charge in [-0.2, -0.15) is 0 Å². The third-order valence-corrected chi connectivity index (χ3v) is 5.61. The number of benzene rings is 2. The topological polar surface area (TPSA) is 74.9 Å². The van der Waals surface area contributed by atoms with E-state index >= 15 is 0 Å². The van der Waals surface area contributed by atoms with Gasteiger partial charge >= 0.3 is 0 Å². The van der Waals surface area contributed by atoms with Crippen molar-refractivity contribution in [3.63, 3.8) is 0 Å². The molecular formula is C24H28N2O4. The number of morpholine rings is 1. The number of aromatic hydroxyl groups is 1. The van der Waals surface area contributed by atoms with Crippen LogP contribution in [0.15, 0.2) is 40.8 Å². The molecule has 158 valence electrons. The molecule has 1 amide bonds. The zero-order valence-electron chi connectivity index (χ0n) is 17.9. The number of amides is 1. The van der Waals surface area contributed by atoms with E-state index in [0.717, 1.165) is 24.3 Å². The van der Waals surface area contributed by atoms with E-state index in [2.05, 4.69) is 10.2 Å². The van der Waals surface area contributed by atoms with Gasteiger partial charge in [-0.15, -0.1) is 0 Å².